The Balaban J connectivity index is 0.00000243. The molecule has 3 nitrogen and oxygen atoms in total. The summed E-state index contributed by atoms with van der Waals surface area (Å²) in [6.07, 6.45) is 0. The average molecular weight is 367 g/mol. The molecule has 0 aliphatic heterocycles. The molecule has 0 radical (unpaired) electrons. The van der Waals surface area contributed by atoms with Crippen LogP contribution in [-0.4, -0.2) is 12.9 Å². The summed E-state index contributed by atoms with van der Waals surface area (Å²) in [5.74, 6) is 1.70. The first-order valence-electron chi connectivity index (χ1n) is 8.33. The van der Waals surface area contributed by atoms with E-state index >= 15 is 0 Å². The predicted octanol–water partition coefficient (Wildman–Crippen LogP) is 0.587. The van der Waals surface area contributed by atoms with Gasteiger partial charge < -0.3 is 17.1 Å². The molecule has 0 aliphatic rings. The minimum Gasteiger partial charge on any atom is -1.00 e. The predicted molar refractivity (Wildman–Crippen MR) is 104 cm³/mol. The molecule has 3 rings (SSSR count). The van der Waals surface area contributed by atoms with Gasteiger partial charge in [0, 0.05) is 0 Å². The highest BCUT2D eigenvalue weighted by Crippen LogP contribution is 2.18. The molecule has 0 aliphatic carbocycles. The highest BCUT2D eigenvalue weighted by Gasteiger charge is 2.16. The molecule has 0 unspecified atom stereocenters. The van der Waals surface area contributed by atoms with E-state index in [0.717, 1.165) is 28.5 Å². The van der Waals surface area contributed by atoms with Crippen molar-refractivity contribution in [2.24, 2.45) is 0 Å². The molecule has 0 bridgehead atoms. The number of ether oxygens (including phenoxy) is 1. The van der Waals surface area contributed by atoms with Crippen molar-refractivity contribution in [3.8, 4) is 5.75 Å². The number of benzene rings is 3. The number of rotatable bonds is 4. The second-order valence-corrected chi connectivity index (χ2v) is 6.06. The summed E-state index contributed by atoms with van der Waals surface area (Å²) in [5, 5.41) is 3.49. The van der Waals surface area contributed by atoms with Crippen molar-refractivity contribution in [3.05, 3.63) is 89.5 Å². The fourth-order valence-electron chi connectivity index (χ4n) is 2.58. The van der Waals surface area contributed by atoms with Gasteiger partial charge in [-0.15, -0.1) is 0 Å². The fourth-order valence-corrected chi connectivity index (χ4v) is 2.58. The molecule has 0 saturated carbocycles. The molecule has 2 N–H and O–H groups in total. The number of halogens is 1. The van der Waals surface area contributed by atoms with Crippen molar-refractivity contribution in [1.82, 2.24) is 0 Å². The van der Waals surface area contributed by atoms with E-state index in [1.807, 2.05) is 24.3 Å². The van der Waals surface area contributed by atoms with Gasteiger partial charge in [-0.25, -0.2) is 10.3 Å². The SMILES string of the molecule is COc1ccccc1C(Nc1ccc(C)cc1)=[NH+]c1ccc(C)cc1.[Cl-]. The van der Waals surface area contributed by atoms with Crippen molar-refractivity contribution in [2.45, 2.75) is 13.8 Å². The number of hydrogen-bond acceptors (Lipinski definition) is 1. The van der Waals surface area contributed by atoms with Crippen LogP contribution in [0.25, 0.3) is 0 Å². The standard InChI is InChI=1S/C22H22N2O.ClH/c1-16-8-12-18(13-9-16)23-22(20-6-4-5-7-21(20)25-3)24-19-14-10-17(2)11-15-19;/h4-15H,1-3H3,(H,23,24);1H. The van der Waals surface area contributed by atoms with Gasteiger partial charge in [-0.3, -0.25) is 0 Å². The number of nitrogens with one attached hydrogen (secondary N) is 2. The lowest BCUT2D eigenvalue weighted by Gasteiger charge is -2.09. The summed E-state index contributed by atoms with van der Waals surface area (Å²) >= 11 is 0. The van der Waals surface area contributed by atoms with Crippen LogP contribution in [0.4, 0.5) is 11.4 Å². The molecule has 0 saturated heterocycles. The maximum Gasteiger partial charge on any atom is 0.288 e. The number of methoxy groups -OCH3 is 1. The number of anilines is 1. The first kappa shape index (κ1) is 19.5. The lowest BCUT2D eigenvalue weighted by molar-refractivity contribution is -0.353. The van der Waals surface area contributed by atoms with E-state index in [9.17, 15) is 0 Å². The Labute approximate surface area is 161 Å². The molecule has 134 valence electrons. The minimum absolute atomic E-state index is 0. The first-order chi connectivity index (χ1) is 12.2. The molecular formula is C22H23ClN2O. The van der Waals surface area contributed by atoms with Gasteiger partial charge >= 0.3 is 0 Å². The quantitative estimate of drug-likeness (QED) is 0.523. The Morgan fingerprint density at radius 1 is 0.808 bits per heavy atom. The van der Waals surface area contributed by atoms with Crippen LogP contribution < -0.4 is 27.5 Å². The highest BCUT2D eigenvalue weighted by molar-refractivity contribution is 6.06. The summed E-state index contributed by atoms with van der Waals surface area (Å²) in [5.41, 5.74) is 5.48. The van der Waals surface area contributed by atoms with Crippen molar-refractivity contribution < 1.29 is 22.1 Å². The minimum atomic E-state index is 0. The molecule has 3 aromatic rings. The van der Waals surface area contributed by atoms with Gasteiger partial charge in [0.25, 0.3) is 5.84 Å². The monoisotopic (exact) mass is 366 g/mol. The van der Waals surface area contributed by atoms with Crippen molar-refractivity contribution in [2.75, 3.05) is 12.4 Å². The molecule has 26 heavy (non-hydrogen) atoms. The fraction of sp³-hybridized carbons (Fsp3) is 0.136. The smallest absolute Gasteiger partial charge is 0.288 e. The normalized spacial score (nSPS) is 10.8. The number of hydrogen-bond donors (Lipinski definition) is 2. The van der Waals surface area contributed by atoms with Crippen LogP contribution >= 0.6 is 0 Å². The molecular weight excluding hydrogens is 344 g/mol. The molecule has 0 aromatic heterocycles. The van der Waals surface area contributed by atoms with E-state index in [4.69, 9.17) is 4.74 Å². The van der Waals surface area contributed by atoms with E-state index in [-0.39, 0.29) is 12.4 Å². The summed E-state index contributed by atoms with van der Waals surface area (Å²) in [4.78, 5) is 3.49. The molecule has 0 heterocycles. The van der Waals surface area contributed by atoms with Gasteiger partial charge in [-0.2, -0.15) is 0 Å². The van der Waals surface area contributed by atoms with Gasteiger partial charge in [-0.05, 0) is 50.2 Å². The van der Waals surface area contributed by atoms with Gasteiger partial charge in [0.05, 0.1) is 7.11 Å². The van der Waals surface area contributed by atoms with E-state index < -0.39 is 0 Å². The van der Waals surface area contributed by atoms with Crippen LogP contribution in [0, 0.1) is 13.8 Å². The van der Waals surface area contributed by atoms with E-state index in [0.29, 0.717) is 0 Å². The van der Waals surface area contributed by atoms with Crippen molar-refractivity contribution in [1.29, 1.82) is 0 Å². The third-order valence-corrected chi connectivity index (χ3v) is 4.02. The van der Waals surface area contributed by atoms with Gasteiger partial charge in [0.2, 0.25) is 0 Å². The summed E-state index contributed by atoms with van der Waals surface area (Å²) in [6, 6.07) is 24.6. The van der Waals surface area contributed by atoms with Crippen molar-refractivity contribution in [3.63, 3.8) is 0 Å². The Bertz CT molecular complexity index is 871. The Morgan fingerprint density at radius 3 is 2.00 bits per heavy atom. The molecule has 0 atom stereocenters. The molecule has 0 fully saturated rings. The van der Waals surface area contributed by atoms with Gasteiger partial charge in [0.15, 0.2) is 0 Å². The first-order valence-corrected chi connectivity index (χ1v) is 8.33. The Hall–Kier alpha value is -2.78. The zero-order valence-corrected chi connectivity index (χ0v) is 16.0. The van der Waals surface area contributed by atoms with Gasteiger partial charge in [-0.1, -0.05) is 47.5 Å². The molecule has 4 heteroatoms. The molecule has 0 amide bonds. The van der Waals surface area contributed by atoms with E-state index in [2.05, 4.69) is 72.7 Å². The maximum atomic E-state index is 5.54. The van der Waals surface area contributed by atoms with Crippen molar-refractivity contribution >= 4 is 17.2 Å². The van der Waals surface area contributed by atoms with Gasteiger partial charge in [0.1, 0.15) is 22.7 Å². The van der Waals surface area contributed by atoms with Crippen LogP contribution in [-0.2, 0) is 0 Å². The van der Waals surface area contributed by atoms with Crippen LogP contribution in [0.2, 0.25) is 0 Å². The third-order valence-electron chi connectivity index (χ3n) is 4.02. The van der Waals surface area contributed by atoms with Crippen LogP contribution in [0.5, 0.6) is 5.75 Å². The number of para-hydroxylation sites is 1. The Kier molecular flexibility index (Phi) is 6.81. The number of aryl methyl sites for hydroxylation is 2. The maximum absolute atomic E-state index is 5.54. The average Bonchev–Trinajstić information content (AvgIpc) is 2.64. The largest absolute Gasteiger partial charge is 1.00 e. The summed E-state index contributed by atoms with van der Waals surface area (Å²) in [7, 11) is 1.69. The van der Waals surface area contributed by atoms with Crippen LogP contribution in [0.15, 0.2) is 72.8 Å². The number of amidine groups is 1. The molecule has 0 spiro atoms. The van der Waals surface area contributed by atoms with Crippen LogP contribution in [0.1, 0.15) is 16.7 Å². The lowest BCUT2D eigenvalue weighted by Crippen LogP contribution is -3.00. The Morgan fingerprint density at radius 2 is 1.38 bits per heavy atom. The van der Waals surface area contributed by atoms with E-state index in [1.54, 1.807) is 7.11 Å². The lowest BCUT2D eigenvalue weighted by atomic mass is 10.1. The molecule has 3 aromatic carbocycles. The highest BCUT2D eigenvalue weighted by atomic mass is 35.5. The summed E-state index contributed by atoms with van der Waals surface area (Å²) in [6.45, 7) is 4.17. The third kappa shape index (κ3) is 4.87. The summed E-state index contributed by atoms with van der Waals surface area (Å²) < 4.78 is 5.54. The second-order valence-electron chi connectivity index (χ2n) is 6.06. The van der Waals surface area contributed by atoms with E-state index in [1.165, 1.54) is 11.1 Å². The van der Waals surface area contributed by atoms with Crippen LogP contribution in [0.3, 0.4) is 0 Å². The second kappa shape index (κ2) is 9.07. The topological polar surface area (TPSA) is 35.2 Å². The zero-order chi connectivity index (χ0) is 17.6. The zero-order valence-electron chi connectivity index (χ0n) is 15.2.